The molecule has 0 fully saturated rings. The lowest BCUT2D eigenvalue weighted by molar-refractivity contribution is 0.387. The molecule has 3 rings (SSSR count). The Morgan fingerprint density at radius 3 is 2.81 bits per heavy atom. The van der Waals surface area contributed by atoms with E-state index in [1.807, 2.05) is 18.2 Å². The zero-order valence-electron chi connectivity index (χ0n) is 11.3. The normalized spacial score (nSPS) is 10.6. The van der Waals surface area contributed by atoms with Crippen molar-refractivity contribution < 1.29 is 9.13 Å². The fourth-order valence-corrected chi connectivity index (χ4v) is 2.15. The van der Waals surface area contributed by atoms with Crippen LogP contribution in [0.4, 0.5) is 10.2 Å². The lowest BCUT2D eigenvalue weighted by atomic mass is 10.0. The van der Waals surface area contributed by atoms with Gasteiger partial charge in [-0.1, -0.05) is 6.07 Å². The number of hydrogen-bond acceptors (Lipinski definition) is 4. The van der Waals surface area contributed by atoms with Gasteiger partial charge in [0.1, 0.15) is 0 Å². The van der Waals surface area contributed by atoms with Gasteiger partial charge in [0.25, 0.3) is 0 Å². The third-order valence-corrected chi connectivity index (χ3v) is 3.16. The molecule has 106 valence electrons. The van der Waals surface area contributed by atoms with Gasteiger partial charge in [0.15, 0.2) is 17.4 Å². The smallest absolute Gasteiger partial charge is 0.165 e. The van der Waals surface area contributed by atoms with Crippen LogP contribution in [-0.4, -0.2) is 22.3 Å². The Labute approximate surface area is 120 Å². The van der Waals surface area contributed by atoms with E-state index in [1.54, 1.807) is 18.3 Å². The van der Waals surface area contributed by atoms with Crippen LogP contribution >= 0.6 is 0 Å². The first-order chi connectivity index (χ1) is 10.2. The number of nitrogen functional groups attached to an aromatic ring is 1. The number of aromatic amines is 1. The number of nitrogens with one attached hydrogen (secondary N) is 1. The van der Waals surface area contributed by atoms with Crippen LogP contribution < -0.4 is 10.5 Å². The van der Waals surface area contributed by atoms with Crippen LogP contribution in [0, 0.1) is 5.82 Å². The van der Waals surface area contributed by atoms with Gasteiger partial charge in [-0.2, -0.15) is 5.10 Å². The molecule has 2 aromatic heterocycles. The Morgan fingerprint density at radius 1 is 1.24 bits per heavy atom. The summed E-state index contributed by atoms with van der Waals surface area (Å²) in [6.07, 6.45) is 1.68. The highest BCUT2D eigenvalue weighted by Crippen LogP contribution is 2.35. The van der Waals surface area contributed by atoms with Crippen LogP contribution in [-0.2, 0) is 0 Å². The van der Waals surface area contributed by atoms with Crippen molar-refractivity contribution in [2.75, 3.05) is 12.8 Å². The van der Waals surface area contributed by atoms with Crippen LogP contribution in [0.25, 0.3) is 22.5 Å². The van der Waals surface area contributed by atoms with Crippen molar-refractivity contribution in [2.24, 2.45) is 0 Å². The zero-order chi connectivity index (χ0) is 14.8. The number of ether oxygens (including phenoxy) is 1. The molecule has 1 aromatic carbocycles. The van der Waals surface area contributed by atoms with E-state index in [-0.39, 0.29) is 5.75 Å². The minimum Gasteiger partial charge on any atom is -0.494 e. The minimum atomic E-state index is -0.423. The van der Waals surface area contributed by atoms with Crippen molar-refractivity contribution in [3.63, 3.8) is 0 Å². The van der Waals surface area contributed by atoms with Crippen LogP contribution in [0.3, 0.4) is 0 Å². The Morgan fingerprint density at radius 2 is 2.10 bits per heavy atom. The van der Waals surface area contributed by atoms with Gasteiger partial charge in [0, 0.05) is 11.8 Å². The summed E-state index contributed by atoms with van der Waals surface area (Å²) in [5.41, 5.74) is 8.70. The molecular weight excluding hydrogens is 271 g/mol. The number of methoxy groups -OCH3 is 1. The summed E-state index contributed by atoms with van der Waals surface area (Å²) < 4.78 is 18.5. The number of halogens is 1. The molecule has 0 unspecified atom stereocenters. The number of hydrogen-bond donors (Lipinski definition) is 2. The van der Waals surface area contributed by atoms with E-state index < -0.39 is 5.82 Å². The highest BCUT2D eigenvalue weighted by Gasteiger charge is 2.17. The first-order valence-corrected chi connectivity index (χ1v) is 6.30. The number of H-pyrrole nitrogens is 1. The summed E-state index contributed by atoms with van der Waals surface area (Å²) in [7, 11) is 1.42. The third-order valence-electron chi connectivity index (χ3n) is 3.16. The maximum Gasteiger partial charge on any atom is 0.165 e. The largest absolute Gasteiger partial charge is 0.494 e. The molecule has 0 aliphatic rings. The van der Waals surface area contributed by atoms with Gasteiger partial charge in [0.2, 0.25) is 0 Å². The fraction of sp³-hybridized carbons (Fsp3) is 0.0667. The molecule has 0 bridgehead atoms. The number of aromatic nitrogens is 3. The number of benzene rings is 1. The molecule has 0 saturated carbocycles. The molecule has 0 radical (unpaired) electrons. The molecule has 2 heterocycles. The van der Waals surface area contributed by atoms with Crippen molar-refractivity contribution in [1.82, 2.24) is 15.2 Å². The van der Waals surface area contributed by atoms with Crippen molar-refractivity contribution in [3.8, 4) is 28.3 Å². The molecule has 3 aromatic rings. The molecule has 0 aliphatic carbocycles. The Kier molecular flexibility index (Phi) is 3.27. The van der Waals surface area contributed by atoms with E-state index in [9.17, 15) is 4.39 Å². The van der Waals surface area contributed by atoms with E-state index in [0.717, 1.165) is 5.56 Å². The van der Waals surface area contributed by atoms with Crippen molar-refractivity contribution in [1.29, 1.82) is 0 Å². The zero-order valence-corrected chi connectivity index (χ0v) is 11.3. The van der Waals surface area contributed by atoms with Crippen LogP contribution in [0.2, 0.25) is 0 Å². The molecule has 0 aliphatic heterocycles. The molecule has 5 nitrogen and oxygen atoms in total. The van der Waals surface area contributed by atoms with E-state index in [1.165, 1.54) is 13.2 Å². The van der Waals surface area contributed by atoms with E-state index in [0.29, 0.717) is 22.8 Å². The molecular formula is C15H13FN4O. The SMILES string of the molecule is COc1cc(-c2[nH]nc(N)c2-c2ccccn2)ccc1F. The average Bonchev–Trinajstić information content (AvgIpc) is 2.90. The van der Waals surface area contributed by atoms with Gasteiger partial charge < -0.3 is 10.5 Å². The monoisotopic (exact) mass is 284 g/mol. The maximum atomic E-state index is 13.5. The number of anilines is 1. The van der Waals surface area contributed by atoms with Crippen molar-refractivity contribution in [3.05, 3.63) is 48.4 Å². The lowest BCUT2D eigenvalue weighted by Crippen LogP contribution is -1.92. The highest BCUT2D eigenvalue weighted by molar-refractivity contribution is 5.86. The third kappa shape index (κ3) is 2.31. The van der Waals surface area contributed by atoms with Crippen LogP contribution in [0.15, 0.2) is 42.6 Å². The molecule has 0 atom stereocenters. The molecule has 0 spiro atoms. The predicted molar refractivity (Wildman–Crippen MR) is 78.2 cm³/mol. The predicted octanol–water partition coefficient (Wildman–Crippen LogP) is 2.87. The molecule has 3 N–H and O–H groups in total. The molecule has 21 heavy (non-hydrogen) atoms. The Bertz CT molecular complexity index is 771. The van der Waals surface area contributed by atoms with Crippen LogP contribution in [0.1, 0.15) is 0 Å². The van der Waals surface area contributed by atoms with Gasteiger partial charge in [-0.3, -0.25) is 10.1 Å². The Balaban J connectivity index is 2.17. The fourth-order valence-electron chi connectivity index (χ4n) is 2.15. The summed E-state index contributed by atoms with van der Waals surface area (Å²) in [6.45, 7) is 0. The standard InChI is InChI=1S/C15H13FN4O/c1-21-12-8-9(5-6-10(12)16)14-13(15(17)20-19-14)11-4-2-3-7-18-11/h2-8H,1H3,(H3,17,19,20). The summed E-state index contributed by atoms with van der Waals surface area (Å²) in [4.78, 5) is 4.28. The number of nitrogens with two attached hydrogens (primary N) is 1. The average molecular weight is 284 g/mol. The topological polar surface area (TPSA) is 76.8 Å². The van der Waals surface area contributed by atoms with E-state index in [2.05, 4.69) is 15.2 Å². The van der Waals surface area contributed by atoms with Gasteiger partial charge in [-0.25, -0.2) is 4.39 Å². The second kappa shape index (κ2) is 5.24. The molecule has 0 saturated heterocycles. The lowest BCUT2D eigenvalue weighted by Gasteiger charge is -2.07. The minimum absolute atomic E-state index is 0.160. The summed E-state index contributed by atoms with van der Waals surface area (Å²) in [5, 5.41) is 6.89. The highest BCUT2D eigenvalue weighted by atomic mass is 19.1. The second-order valence-electron chi connectivity index (χ2n) is 4.42. The molecule has 6 heteroatoms. The first-order valence-electron chi connectivity index (χ1n) is 6.30. The van der Waals surface area contributed by atoms with Crippen molar-refractivity contribution in [2.45, 2.75) is 0 Å². The van der Waals surface area contributed by atoms with Gasteiger partial charge in [-0.15, -0.1) is 0 Å². The first kappa shape index (κ1) is 13.1. The van der Waals surface area contributed by atoms with Gasteiger partial charge in [0.05, 0.1) is 24.1 Å². The Hall–Kier alpha value is -2.89. The number of nitrogens with zero attached hydrogens (tertiary/aromatic N) is 2. The second-order valence-corrected chi connectivity index (χ2v) is 4.42. The molecule has 0 amide bonds. The number of rotatable bonds is 3. The van der Waals surface area contributed by atoms with Gasteiger partial charge >= 0.3 is 0 Å². The van der Waals surface area contributed by atoms with Crippen LogP contribution in [0.5, 0.6) is 5.75 Å². The van der Waals surface area contributed by atoms with E-state index >= 15 is 0 Å². The summed E-state index contributed by atoms with van der Waals surface area (Å²) in [6, 6.07) is 10.1. The van der Waals surface area contributed by atoms with E-state index in [4.69, 9.17) is 10.5 Å². The quantitative estimate of drug-likeness (QED) is 0.775. The van der Waals surface area contributed by atoms with Gasteiger partial charge in [-0.05, 0) is 30.3 Å². The van der Waals surface area contributed by atoms with Crippen molar-refractivity contribution >= 4 is 5.82 Å². The summed E-state index contributed by atoms with van der Waals surface area (Å²) in [5.74, 6) is 0.0766. The summed E-state index contributed by atoms with van der Waals surface area (Å²) >= 11 is 0. The number of pyridine rings is 1. The maximum absolute atomic E-state index is 13.5.